The minimum Gasteiger partial charge on any atom is -0.443 e. The van der Waals surface area contributed by atoms with E-state index in [9.17, 15) is 14.7 Å². The lowest BCUT2D eigenvalue weighted by Crippen LogP contribution is -2.38. The fraction of sp³-hybridized carbons (Fsp3) is 0.385. The molecule has 0 aliphatic carbocycles. The molecule has 6 heteroatoms. The Kier molecular flexibility index (Phi) is 6.74. The molecule has 3 aromatic rings. The molecule has 0 saturated heterocycles. The number of hydrogen-bond donors (Lipinski definition) is 1. The summed E-state index contributed by atoms with van der Waals surface area (Å²) in [7, 11) is 1.63. The second kappa shape index (κ2) is 9.17. The first-order chi connectivity index (χ1) is 15.0. The summed E-state index contributed by atoms with van der Waals surface area (Å²) < 4.78 is 7.30. The Balaban J connectivity index is 2.45. The monoisotopic (exact) mass is 436 g/mol. The van der Waals surface area contributed by atoms with E-state index in [1.165, 1.54) is 4.90 Å². The van der Waals surface area contributed by atoms with Crippen molar-refractivity contribution in [2.24, 2.45) is 5.92 Å². The quantitative estimate of drug-likeness (QED) is 0.598. The molecule has 1 heterocycles. The molecule has 0 aliphatic heterocycles. The van der Waals surface area contributed by atoms with E-state index in [-0.39, 0.29) is 18.1 Å². The predicted octanol–water partition coefficient (Wildman–Crippen LogP) is 5.19. The predicted molar refractivity (Wildman–Crippen MR) is 129 cm³/mol. The van der Waals surface area contributed by atoms with Crippen molar-refractivity contribution in [1.29, 1.82) is 0 Å². The number of aliphatic hydroxyl groups excluding tert-OH is 1. The first kappa shape index (κ1) is 23.5. The van der Waals surface area contributed by atoms with E-state index in [0.29, 0.717) is 28.7 Å². The van der Waals surface area contributed by atoms with Gasteiger partial charge in [-0.25, -0.2) is 4.79 Å². The molecule has 0 aliphatic rings. The maximum atomic E-state index is 13.6. The van der Waals surface area contributed by atoms with Crippen molar-refractivity contribution in [2.45, 2.75) is 53.4 Å². The highest BCUT2D eigenvalue weighted by Crippen LogP contribution is 2.37. The maximum Gasteiger partial charge on any atom is 0.415 e. The zero-order chi connectivity index (χ0) is 23.6. The minimum absolute atomic E-state index is 0.142. The van der Waals surface area contributed by atoms with Crippen molar-refractivity contribution in [3.05, 3.63) is 64.4 Å². The van der Waals surface area contributed by atoms with Gasteiger partial charge in [-0.05, 0) is 55.3 Å². The molecule has 2 aromatic carbocycles. The standard InChI is InChI=1S/C26H32N2O4/c1-17(2)15-28-23(27(6)25(31)32-26(3,4)5)22(19-10-8-7-9-11-19)21-14-18(16-29)12-13-20(21)24(28)30/h7-14,17,29H,15-16H2,1-6H3. The van der Waals surface area contributed by atoms with Gasteiger partial charge in [-0.1, -0.05) is 50.2 Å². The Morgan fingerprint density at radius 2 is 1.75 bits per heavy atom. The molecule has 0 radical (unpaired) electrons. The molecule has 32 heavy (non-hydrogen) atoms. The first-order valence-corrected chi connectivity index (χ1v) is 10.9. The molecule has 0 fully saturated rings. The highest BCUT2D eigenvalue weighted by Gasteiger charge is 2.28. The van der Waals surface area contributed by atoms with Crippen molar-refractivity contribution in [3.8, 4) is 11.1 Å². The number of amides is 1. The fourth-order valence-electron chi connectivity index (χ4n) is 3.77. The fourth-order valence-corrected chi connectivity index (χ4v) is 3.77. The van der Waals surface area contributed by atoms with Crippen LogP contribution in [0.1, 0.15) is 40.2 Å². The minimum atomic E-state index is -0.678. The number of benzene rings is 2. The van der Waals surface area contributed by atoms with E-state index in [4.69, 9.17) is 4.74 Å². The van der Waals surface area contributed by atoms with E-state index in [1.54, 1.807) is 23.7 Å². The SMILES string of the molecule is CC(C)Cn1c(N(C)C(=O)OC(C)(C)C)c(-c2ccccc2)c2cc(CO)ccc2c1=O. The number of aliphatic hydroxyl groups is 1. The van der Waals surface area contributed by atoms with Crippen LogP contribution in [0.5, 0.6) is 0 Å². The summed E-state index contributed by atoms with van der Waals surface area (Å²) in [6, 6.07) is 15.0. The second-order valence-electron chi connectivity index (χ2n) is 9.45. The molecular weight excluding hydrogens is 404 g/mol. The molecule has 0 saturated carbocycles. The molecule has 170 valence electrons. The molecule has 0 atom stereocenters. The third kappa shape index (κ3) is 4.86. The number of fused-ring (bicyclic) bond motifs is 1. The number of carbonyl (C=O) groups is 1. The normalized spacial score (nSPS) is 11.8. The first-order valence-electron chi connectivity index (χ1n) is 10.9. The molecule has 1 amide bonds. The lowest BCUT2D eigenvalue weighted by molar-refractivity contribution is 0.0587. The second-order valence-corrected chi connectivity index (χ2v) is 9.45. The van der Waals surface area contributed by atoms with Gasteiger partial charge in [0, 0.05) is 24.5 Å². The van der Waals surface area contributed by atoms with Crippen LogP contribution in [0, 0.1) is 5.92 Å². The van der Waals surface area contributed by atoms with Gasteiger partial charge in [0.1, 0.15) is 11.4 Å². The van der Waals surface area contributed by atoms with Crippen LogP contribution >= 0.6 is 0 Å². The Hall–Kier alpha value is -3.12. The Bertz CT molecular complexity index is 1170. The largest absolute Gasteiger partial charge is 0.443 e. The smallest absolute Gasteiger partial charge is 0.415 e. The molecular formula is C26H32N2O4. The number of carbonyl (C=O) groups excluding carboxylic acids is 1. The van der Waals surface area contributed by atoms with E-state index in [0.717, 1.165) is 11.1 Å². The third-order valence-corrected chi connectivity index (χ3v) is 5.09. The van der Waals surface area contributed by atoms with Crippen LogP contribution in [0.2, 0.25) is 0 Å². The van der Waals surface area contributed by atoms with Gasteiger partial charge in [0.25, 0.3) is 5.56 Å². The van der Waals surface area contributed by atoms with Crippen molar-refractivity contribution < 1.29 is 14.6 Å². The van der Waals surface area contributed by atoms with Gasteiger partial charge in [0.2, 0.25) is 0 Å². The lowest BCUT2D eigenvalue weighted by Gasteiger charge is -2.29. The summed E-state index contributed by atoms with van der Waals surface area (Å²) in [5.74, 6) is 0.656. The van der Waals surface area contributed by atoms with Crippen molar-refractivity contribution in [2.75, 3.05) is 11.9 Å². The molecule has 3 rings (SSSR count). The third-order valence-electron chi connectivity index (χ3n) is 5.09. The van der Waals surface area contributed by atoms with Crippen LogP contribution in [-0.4, -0.2) is 28.4 Å². The lowest BCUT2D eigenvalue weighted by atomic mass is 9.97. The Morgan fingerprint density at radius 1 is 1.09 bits per heavy atom. The molecule has 0 unspecified atom stereocenters. The van der Waals surface area contributed by atoms with Gasteiger partial charge in [0.05, 0.1) is 6.61 Å². The van der Waals surface area contributed by atoms with Gasteiger partial charge in [0.15, 0.2) is 0 Å². The van der Waals surface area contributed by atoms with Crippen molar-refractivity contribution >= 4 is 22.7 Å². The van der Waals surface area contributed by atoms with E-state index < -0.39 is 11.7 Å². The number of anilines is 1. The van der Waals surface area contributed by atoms with Crippen LogP contribution in [0.4, 0.5) is 10.6 Å². The number of pyridine rings is 1. The highest BCUT2D eigenvalue weighted by molar-refractivity contribution is 6.05. The van der Waals surface area contributed by atoms with Crippen molar-refractivity contribution in [1.82, 2.24) is 4.57 Å². The van der Waals surface area contributed by atoms with Crippen LogP contribution in [0.25, 0.3) is 21.9 Å². The number of aromatic nitrogens is 1. The number of nitrogens with zero attached hydrogens (tertiary/aromatic N) is 2. The summed E-state index contributed by atoms with van der Waals surface area (Å²) in [4.78, 5) is 28.1. The summed E-state index contributed by atoms with van der Waals surface area (Å²) in [5, 5.41) is 11.0. The highest BCUT2D eigenvalue weighted by atomic mass is 16.6. The summed E-state index contributed by atoms with van der Waals surface area (Å²) >= 11 is 0. The van der Waals surface area contributed by atoms with Crippen LogP contribution in [0.15, 0.2) is 53.3 Å². The van der Waals surface area contributed by atoms with Gasteiger partial charge in [-0.3, -0.25) is 14.3 Å². The average molecular weight is 437 g/mol. The van der Waals surface area contributed by atoms with Gasteiger partial charge in [-0.2, -0.15) is 0 Å². The summed E-state index contributed by atoms with van der Waals surface area (Å²) in [6.07, 6.45) is -0.538. The van der Waals surface area contributed by atoms with Gasteiger partial charge >= 0.3 is 6.09 Å². The summed E-state index contributed by atoms with van der Waals surface area (Å²) in [6.45, 7) is 9.80. The van der Waals surface area contributed by atoms with Crippen molar-refractivity contribution in [3.63, 3.8) is 0 Å². The Labute approximate surface area is 189 Å². The Morgan fingerprint density at radius 3 is 2.31 bits per heavy atom. The topological polar surface area (TPSA) is 71.8 Å². The molecule has 6 nitrogen and oxygen atoms in total. The van der Waals surface area contributed by atoms with E-state index in [2.05, 4.69) is 0 Å². The average Bonchev–Trinajstić information content (AvgIpc) is 2.73. The number of rotatable bonds is 5. The molecule has 0 spiro atoms. The van der Waals surface area contributed by atoms with Crippen LogP contribution in [0.3, 0.4) is 0 Å². The molecule has 0 bridgehead atoms. The van der Waals surface area contributed by atoms with E-state index in [1.807, 2.05) is 71.0 Å². The zero-order valence-electron chi connectivity index (χ0n) is 19.7. The maximum absolute atomic E-state index is 13.6. The molecule has 1 N–H and O–H groups in total. The number of hydrogen-bond acceptors (Lipinski definition) is 4. The number of ether oxygens (including phenoxy) is 1. The van der Waals surface area contributed by atoms with Crippen LogP contribution in [-0.2, 0) is 17.9 Å². The molecule has 1 aromatic heterocycles. The summed E-state index contributed by atoms with van der Waals surface area (Å²) in [5.41, 5.74) is 1.47. The zero-order valence-corrected chi connectivity index (χ0v) is 19.7. The van der Waals surface area contributed by atoms with Gasteiger partial charge in [-0.15, -0.1) is 0 Å². The van der Waals surface area contributed by atoms with Crippen LogP contribution < -0.4 is 10.5 Å². The van der Waals surface area contributed by atoms with E-state index >= 15 is 0 Å². The van der Waals surface area contributed by atoms with Gasteiger partial charge < -0.3 is 9.84 Å².